The van der Waals surface area contributed by atoms with Crippen molar-refractivity contribution in [2.45, 2.75) is 115 Å². The number of hydrogen-bond acceptors (Lipinski definition) is 7. The molecule has 1 N–H and O–H groups in total. The van der Waals surface area contributed by atoms with Crippen molar-refractivity contribution in [2.24, 2.45) is 17.8 Å². The van der Waals surface area contributed by atoms with E-state index in [0.29, 0.717) is 36.3 Å². The zero-order valence-electron chi connectivity index (χ0n) is 24.0. The van der Waals surface area contributed by atoms with Gasteiger partial charge in [0, 0.05) is 19.3 Å². The van der Waals surface area contributed by atoms with Gasteiger partial charge in [0.15, 0.2) is 17.7 Å². The molecule has 0 radical (unpaired) electrons. The first kappa shape index (κ1) is 28.5. The Morgan fingerprint density at radius 2 is 1.92 bits per heavy atom. The summed E-state index contributed by atoms with van der Waals surface area (Å²) >= 11 is 0. The lowest BCUT2D eigenvalue weighted by Crippen LogP contribution is -2.57. The third-order valence-corrected chi connectivity index (χ3v) is 9.31. The topological polar surface area (TPSA) is 91.3 Å². The lowest BCUT2D eigenvalue weighted by Gasteiger charge is -2.49. The molecule has 39 heavy (non-hydrogen) atoms. The van der Waals surface area contributed by atoms with Crippen molar-refractivity contribution in [2.75, 3.05) is 6.61 Å². The molecule has 5 rings (SSSR count). The Kier molecular flexibility index (Phi) is 8.08. The van der Waals surface area contributed by atoms with Gasteiger partial charge in [0.1, 0.15) is 17.6 Å². The summed E-state index contributed by atoms with van der Waals surface area (Å²) in [4.78, 5) is 26.8. The monoisotopic (exact) mass is 540 g/mol. The molecule has 1 aliphatic carbocycles. The predicted molar refractivity (Wildman–Crippen MR) is 147 cm³/mol. The van der Waals surface area contributed by atoms with Crippen LogP contribution in [-0.4, -0.2) is 59.3 Å². The summed E-state index contributed by atoms with van der Waals surface area (Å²) in [5, 5.41) is 12.0. The Balaban J connectivity index is 1.51. The molecule has 1 spiro atoms. The zero-order chi connectivity index (χ0) is 27.9. The Labute approximate surface area is 232 Å². The standard InChI is InChI=1S/C32H44O7/c1-6-27-21(4)12-13-31(39-27)17-25-16-24(38-31)11-10-20(3)14-19(2)8-7-9-23-18-36-29-28(33)22(5)15-26(30(34)37-25)32(23,29)35/h7-10,15,19,21,24-27,29,35H,6,11-14,16-18H2,1-5H3/b8-7+,20-10+,23-9?/t19-,21-,24+,25-,26-,27+,29+,31+,32+/m0/s1. The van der Waals surface area contributed by atoms with Crippen LogP contribution in [0.3, 0.4) is 0 Å². The van der Waals surface area contributed by atoms with Crippen molar-refractivity contribution in [1.29, 1.82) is 0 Å². The fourth-order valence-corrected chi connectivity index (χ4v) is 7.07. The molecule has 0 amide bonds. The van der Waals surface area contributed by atoms with Gasteiger partial charge in [-0.3, -0.25) is 9.59 Å². The lowest BCUT2D eigenvalue weighted by atomic mass is 9.71. The number of allylic oxidation sites excluding steroid dienone is 4. The maximum atomic E-state index is 13.8. The molecule has 4 heterocycles. The van der Waals surface area contributed by atoms with Gasteiger partial charge in [-0.05, 0) is 62.5 Å². The second-order valence-electron chi connectivity index (χ2n) is 12.5. The second kappa shape index (κ2) is 11.1. The highest BCUT2D eigenvalue weighted by atomic mass is 16.7. The molecule has 5 aliphatic rings. The lowest BCUT2D eigenvalue weighted by molar-refractivity contribution is -0.335. The molecule has 0 unspecified atom stereocenters. The van der Waals surface area contributed by atoms with Gasteiger partial charge in [0.05, 0.1) is 18.8 Å². The largest absolute Gasteiger partial charge is 0.462 e. The van der Waals surface area contributed by atoms with Gasteiger partial charge < -0.3 is 24.1 Å². The summed E-state index contributed by atoms with van der Waals surface area (Å²) in [5.74, 6) is -1.95. The van der Waals surface area contributed by atoms with Crippen molar-refractivity contribution in [1.82, 2.24) is 0 Å². The fourth-order valence-electron chi connectivity index (χ4n) is 7.07. The van der Waals surface area contributed by atoms with Crippen LogP contribution in [0.15, 0.2) is 47.1 Å². The van der Waals surface area contributed by atoms with Crippen LogP contribution in [0.1, 0.15) is 79.6 Å². The van der Waals surface area contributed by atoms with Gasteiger partial charge in [-0.1, -0.05) is 56.7 Å². The van der Waals surface area contributed by atoms with E-state index in [1.54, 1.807) is 19.1 Å². The molecule has 7 heteroatoms. The highest BCUT2D eigenvalue weighted by Crippen LogP contribution is 2.46. The fraction of sp³-hybridized carbons (Fsp3) is 0.688. The molecule has 0 aromatic heterocycles. The summed E-state index contributed by atoms with van der Waals surface area (Å²) in [5.41, 5.74) is 0.421. The van der Waals surface area contributed by atoms with Crippen LogP contribution in [0, 0.1) is 17.8 Å². The third-order valence-electron chi connectivity index (χ3n) is 9.31. The van der Waals surface area contributed by atoms with Crippen LogP contribution < -0.4 is 0 Å². The molecule has 9 atom stereocenters. The first-order valence-electron chi connectivity index (χ1n) is 14.7. The van der Waals surface area contributed by atoms with E-state index in [1.807, 2.05) is 6.08 Å². The minimum Gasteiger partial charge on any atom is -0.462 e. The molecule has 214 valence electrons. The van der Waals surface area contributed by atoms with Gasteiger partial charge in [-0.15, -0.1) is 0 Å². The van der Waals surface area contributed by atoms with Crippen molar-refractivity contribution in [3.8, 4) is 0 Å². The maximum Gasteiger partial charge on any atom is 0.316 e. The van der Waals surface area contributed by atoms with E-state index in [9.17, 15) is 14.7 Å². The van der Waals surface area contributed by atoms with Gasteiger partial charge in [0.2, 0.25) is 0 Å². The molecule has 3 saturated heterocycles. The van der Waals surface area contributed by atoms with Crippen LogP contribution in [0.5, 0.6) is 0 Å². The van der Waals surface area contributed by atoms with Crippen LogP contribution in [0.2, 0.25) is 0 Å². The number of esters is 1. The normalized spacial score (nSPS) is 45.5. The molecule has 3 fully saturated rings. The smallest absolute Gasteiger partial charge is 0.316 e. The number of aliphatic hydroxyl groups is 1. The van der Waals surface area contributed by atoms with Crippen LogP contribution in [-0.2, 0) is 28.5 Å². The van der Waals surface area contributed by atoms with Crippen molar-refractivity contribution < 1.29 is 33.6 Å². The Morgan fingerprint density at radius 3 is 2.69 bits per heavy atom. The number of rotatable bonds is 1. The Bertz CT molecular complexity index is 1100. The minimum absolute atomic E-state index is 0.0857. The van der Waals surface area contributed by atoms with E-state index in [1.165, 1.54) is 5.57 Å². The summed E-state index contributed by atoms with van der Waals surface area (Å²) in [6, 6.07) is 0. The number of ketones is 1. The summed E-state index contributed by atoms with van der Waals surface area (Å²) in [7, 11) is 0. The number of carbonyl (C=O) groups excluding carboxylic acids is 2. The summed E-state index contributed by atoms with van der Waals surface area (Å²) < 4.78 is 25.3. The highest BCUT2D eigenvalue weighted by Gasteiger charge is 2.60. The number of ether oxygens (including phenoxy) is 4. The first-order chi connectivity index (χ1) is 18.5. The summed E-state index contributed by atoms with van der Waals surface area (Å²) in [6.45, 7) is 10.4. The Hall–Kier alpha value is -2.06. The molecule has 2 bridgehead atoms. The van der Waals surface area contributed by atoms with E-state index in [-0.39, 0.29) is 30.5 Å². The molecule has 0 aromatic rings. The van der Waals surface area contributed by atoms with Crippen LogP contribution in [0.25, 0.3) is 0 Å². The first-order valence-corrected chi connectivity index (χ1v) is 14.7. The maximum absolute atomic E-state index is 13.8. The summed E-state index contributed by atoms with van der Waals surface area (Å²) in [6.07, 6.45) is 13.2. The number of hydrogen-bond donors (Lipinski definition) is 1. The van der Waals surface area contributed by atoms with E-state index in [0.717, 1.165) is 25.7 Å². The van der Waals surface area contributed by atoms with Crippen LogP contribution in [0.4, 0.5) is 0 Å². The minimum atomic E-state index is -1.78. The number of Topliss-reactive ketones (excluding diaryl/α,β-unsaturated/α-hetero) is 1. The molecule has 7 nitrogen and oxygen atoms in total. The van der Waals surface area contributed by atoms with Crippen LogP contribution >= 0.6 is 0 Å². The predicted octanol–water partition coefficient (Wildman–Crippen LogP) is 5.13. The van der Waals surface area contributed by atoms with Gasteiger partial charge >= 0.3 is 5.97 Å². The molecular weight excluding hydrogens is 496 g/mol. The average molecular weight is 541 g/mol. The average Bonchev–Trinajstić information content (AvgIpc) is 3.23. The van der Waals surface area contributed by atoms with Crippen molar-refractivity contribution in [3.05, 3.63) is 47.1 Å². The van der Waals surface area contributed by atoms with Crippen molar-refractivity contribution >= 4 is 11.8 Å². The molecule has 0 aromatic carbocycles. The van der Waals surface area contributed by atoms with E-state index in [4.69, 9.17) is 18.9 Å². The Morgan fingerprint density at radius 1 is 1.13 bits per heavy atom. The van der Waals surface area contributed by atoms with Gasteiger partial charge in [-0.25, -0.2) is 0 Å². The SMILES string of the molecule is CC[C@H]1O[C@]2(CC[C@@H]1C)C[C@@H]1C[C@@H](C/C=C(\C)C[C@@H](C)/C=C/C=C3CO[C@@H]4C(=O)C(C)=C[C@@H](C(=O)O1)[C@]34O)O2. The number of carbonyl (C=O) groups is 2. The molecular formula is C32H44O7. The zero-order valence-corrected chi connectivity index (χ0v) is 24.0. The second-order valence-corrected chi connectivity index (χ2v) is 12.5. The van der Waals surface area contributed by atoms with E-state index < -0.39 is 35.5 Å². The van der Waals surface area contributed by atoms with Gasteiger partial charge in [-0.2, -0.15) is 0 Å². The van der Waals surface area contributed by atoms with Gasteiger partial charge in [0.25, 0.3) is 0 Å². The number of fused-ring (bicyclic) bond motifs is 2. The highest BCUT2D eigenvalue weighted by molar-refractivity contribution is 6.03. The third kappa shape index (κ3) is 5.48. The van der Waals surface area contributed by atoms with E-state index in [2.05, 4.69) is 39.8 Å². The quantitative estimate of drug-likeness (QED) is 0.364. The molecule has 0 saturated carbocycles. The molecule has 4 aliphatic heterocycles. The van der Waals surface area contributed by atoms with Crippen molar-refractivity contribution in [3.63, 3.8) is 0 Å². The van der Waals surface area contributed by atoms with E-state index >= 15 is 0 Å².